The van der Waals surface area contributed by atoms with E-state index in [1.807, 2.05) is 0 Å². The Bertz CT molecular complexity index is 293. The third-order valence-corrected chi connectivity index (χ3v) is 3.70. The molecule has 2 rings (SSSR count). The number of aliphatic imine (C=N–C) groups is 1. The highest BCUT2D eigenvalue weighted by molar-refractivity contribution is 14.0. The largest absolute Gasteiger partial charge is 0.379 e. The van der Waals surface area contributed by atoms with Gasteiger partial charge in [-0.05, 0) is 32.1 Å². The predicted octanol–water partition coefficient (Wildman–Crippen LogP) is 2.16. The van der Waals surface area contributed by atoms with E-state index in [0.29, 0.717) is 6.10 Å². The van der Waals surface area contributed by atoms with Crippen molar-refractivity contribution in [3.63, 3.8) is 0 Å². The van der Waals surface area contributed by atoms with Crippen LogP contribution in [-0.2, 0) is 9.47 Å². The first-order chi connectivity index (χ1) is 9.88. The Hall–Kier alpha value is -0.0800. The number of guanidine groups is 1. The smallest absolute Gasteiger partial charge is 0.191 e. The summed E-state index contributed by atoms with van der Waals surface area (Å²) in [5, 5.41) is 6.69. The number of ether oxygens (including phenoxy) is 2. The van der Waals surface area contributed by atoms with Crippen molar-refractivity contribution in [1.29, 1.82) is 0 Å². The topological polar surface area (TPSA) is 54.9 Å². The average Bonchev–Trinajstić information content (AvgIpc) is 3.12. The second-order valence-corrected chi connectivity index (χ2v) is 5.63. The molecule has 124 valence electrons. The van der Waals surface area contributed by atoms with Gasteiger partial charge in [0.1, 0.15) is 0 Å². The lowest BCUT2D eigenvalue weighted by atomic mass is 10.3. The van der Waals surface area contributed by atoms with Crippen molar-refractivity contribution >= 4 is 29.9 Å². The fourth-order valence-electron chi connectivity index (χ4n) is 2.29. The summed E-state index contributed by atoms with van der Waals surface area (Å²) in [6.45, 7) is 7.23. The molecule has 21 heavy (non-hydrogen) atoms. The normalized spacial score (nSPS) is 22.0. The summed E-state index contributed by atoms with van der Waals surface area (Å²) >= 11 is 0. The van der Waals surface area contributed by atoms with Gasteiger partial charge >= 0.3 is 0 Å². The highest BCUT2D eigenvalue weighted by Crippen LogP contribution is 2.31. The van der Waals surface area contributed by atoms with Crippen molar-refractivity contribution in [2.24, 2.45) is 10.9 Å². The lowest BCUT2D eigenvalue weighted by Gasteiger charge is -2.11. The van der Waals surface area contributed by atoms with E-state index in [1.165, 1.54) is 19.3 Å². The molecule has 2 N–H and O–H groups in total. The molecule has 1 saturated carbocycles. The first-order valence-electron chi connectivity index (χ1n) is 8.10. The Morgan fingerprint density at radius 3 is 2.81 bits per heavy atom. The number of hydrogen-bond acceptors (Lipinski definition) is 3. The Kier molecular flexibility index (Phi) is 10.4. The van der Waals surface area contributed by atoms with Gasteiger partial charge in [0.15, 0.2) is 5.96 Å². The van der Waals surface area contributed by atoms with Crippen molar-refractivity contribution in [2.45, 2.75) is 45.1 Å². The maximum absolute atomic E-state index is 5.73. The minimum Gasteiger partial charge on any atom is -0.379 e. The third kappa shape index (κ3) is 8.83. The van der Waals surface area contributed by atoms with Gasteiger partial charge in [0.05, 0.1) is 12.7 Å². The second-order valence-electron chi connectivity index (χ2n) is 5.63. The van der Waals surface area contributed by atoms with E-state index in [2.05, 4.69) is 22.5 Å². The highest BCUT2D eigenvalue weighted by atomic mass is 127. The molecule has 6 heteroatoms. The van der Waals surface area contributed by atoms with E-state index in [-0.39, 0.29) is 24.0 Å². The molecule has 0 radical (unpaired) electrons. The molecule has 0 spiro atoms. The van der Waals surface area contributed by atoms with Crippen LogP contribution < -0.4 is 10.6 Å². The first-order valence-corrected chi connectivity index (χ1v) is 8.10. The zero-order valence-electron chi connectivity index (χ0n) is 13.1. The van der Waals surface area contributed by atoms with Crippen molar-refractivity contribution in [3.05, 3.63) is 0 Å². The van der Waals surface area contributed by atoms with E-state index in [0.717, 1.165) is 64.2 Å². The molecule has 1 heterocycles. The summed E-state index contributed by atoms with van der Waals surface area (Å²) in [4.78, 5) is 4.58. The molecule has 0 aromatic carbocycles. The molecule has 0 amide bonds. The average molecular weight is 411 g/mol. The van der Waals surface area contributed by atoms with Gasteiger partial charge < -0.3 is 20.1 Å². The highest BCUT2D eigenvalue weighted by Gasteiger charge is 2.20. The van der Waals surface area contributed by atoms with Gasteiger partial charge in [-0.1, -0.05) is 12.8 Å². The van der Waals surface area contributed by atoms with E-state index < -0.39 is 0 Å². The molecule has 1 aliphatic heterocycles. The van der Waals surface area contributed by atoms with Crippen LogP contribution in [-0.4, -0.2) is 51.5 Å². The Morgan fingerprint density at radius 1 is 1.29 bits per heavy atom. The van der Waals surface area contributed by atoms with Gasteiger partial charge in [0.2, 0.25) is 0 Å². The van der Waals surface area contributed by atoms with E-state index >= 15 is 0 Å². The zero-order valence-corrected chi connectivity index (χ0v) is 15.4. The fourth-order valence-corrected chi connectivity index (χ4v) is 2.29. The molecule has 5 nitrogen and oxygen atoms in total. The molecule has 0 aromatic heterocycles. The molecular weight excluding hydrogens is 381 g/mol. The van der Waals surface area contributed by atoms with Crippen LogP contribution >= 0.6 is 24.0 Å². The van der Waals surface area contributed by atoms with Crippen molar-refractivity contribution in [1.82, 2.24) is 10.6 Å². The molecule has 2 fully saturated rings. The summed E-state index contributed by atoms with van der Waals surface area (Å²) in [6, 6.07) is 0. The molecular formula is C15H30IN3O2. The van der Waals surface area contributed by atoms with Crippen LogP contribution in [0.15, 0.2) is 4.99 Å². The van der Waals surface area contributed by atoms with Crippen LogP contribution in [0.3, 0.4) is 0 Å². The summed E-state index contributed by atoms with van der Waals surface area (Å²) in [7, 11) is 0. The van der Waals surface area contributed by atoms with Gasteiger partial charge in [-0.2, -0.15) is 0 Å². The minimum atomic E-state index is 0. The van der Waals surface area contributed by atoms with Crippen LogP contribution in [0.4, 0.5) is 0 Å². The van der Waals surface area contributed by atoms with Gasteiger partial charge in [-0.3, -0.25) is 4.99 Å². The maximum atomic E-state index is 5.73. The van der Waals surface area contributed by atoms with Crippen molar-refractivity contribution < 1.29 is 9.47 Å². The SMILES string of the molecule is CCNC(=NCCCOC1CCOC1)NCCC1CC1.I. The van der Waals surface area contributed by atoms with E-state index in [1.54, 1.807) is 0 Å². The van der Waals surface area contributed by atoms with Gasteiger partial charge in [-0.15, -0.1) is 24.0 Å². The first kappa shape index (κ1) is 19.0. The summed E-state index contributed by atoms with van der Waals surface area (Å²) in [6.07, 6.45) is 6.42. The Morgan fingerprint density at radius 2 is 2.14 bits per heavy atom. The minimum absolute atomic E-state index is 0. The van der Waals surface area contributed by atoms with E-state index in [4.69, 9.17) is 9.47 Å². The summed E-state index contributed by atoms with van der Waals surface area (Å²) in [5.74, 6) is 1.91. The van der Waals surface area contributed by atoms with Gasteiger partial charge in [0, 0.05) is 32.8 Å². The summed E-state index contributed by atoms with van der Waals surface area (Å²) in [5.41, 5.74) is 0. The molecule has 0 bridgehead atoms. The monoisotopic (exact) mass is 411 g/mol. The molecule has 2 aliphatic rings. The van der Waals surface area contributed by atoms with Crippen molar-refractivity contribution in [2.75, 3.05) is 39.5 Å². The Balaban J connectivity index is 0.00000220. The molecule has 1 saturated heterocycles. The Labute approximate surface area is 145 Å². The molecule has 1 unspecified atom stereocenters. The summed E-state index contributed by atoms with van der Waals surface area (Å²) < 4.78 is 11.0. The maximum Gasteiger partial charge on any atom is 0.191 e. The van der Waals surface area contributed by atoms with Crippen LogP contribution in [0.2, 0.25) is 0 Å². The fraction of sp³-hybridized carbons (Fsp3) is 0.933. The van der Waals surface area contributed by atoms with Crippen LogP contribution in [0.1, 0.15) is 39.0 Å². The van der Waals surface area contributed by atoms with Crippen LogP contribution in [0.25, 0.3) is 0 Å². The van der Waals surface area contributed by atoms with Gasteiger partial charge in [-0.25, -0.2) is 0 Å². The molecule has 1 aliphatic carbocycles. The number of hydrogen-bond donors (Lipinski definition) is 2. The standard InChI is InChI=1S/C15H29N3O2.HI/c1-2-16-15(18-9-6-13-4-5-13)17-8-3-10-20-14-7-11-19-12-14;/h13-14H,2-12H2,1H3,(H2,16,17,18);1H. The van der Waals surface area contributed by atoms with Crippen LogP contribution in [0.5, 0.6) is 0 Å². The third-order valence-electron chi connectivity index (χ3n) is 3.70. The number of halogens is 1. The number of rotatable bonds is 9. The van der Waals surface area contributed by atoms with Crippen molar-refractivity contribution in [3.8, 4) is 0 Å². The lowest BCUT2D eigenvalue weighted by molar-refractivity contribution is 0.0424. The quantitative estimate of drug-likeness (QED) is 0.264. The number of nitrogens with one attached hydrogen (secondary N) is 2. The number of nitrogens with zero attached hydrogens (tertiary/aromatic N) is 1. The lowest BCUT2D eigenvalue weighted by Crippen LogP contribution is -2.38. The van der Waals surface area contributed by atoms with E-state index in [9.17, 15) is 0 Å². The van der Waals surface area contributed by atoms with Gasteiger partial charge in [0.25, 0.3) is 0 Å². The predicted molar refractivity (Wildman–Crippen MR) is 96.5 cm³/mol. The molecule has 0 aromatic rings. The zero-order chi connectivity index (χ0) is 14.0. The molecule has 1 atom stereocenters. The second kappa shape index (κ2) is 11.5. The van der Waals surface area contributed by atoms with Crippen LogP contribution in [0, 0.1) is 5.92 Å².